The summed E-state index contributed by atoms with van der Waals surface area (Å²) in [5, 5.41) is 19.7. The van der Waals surface area contributed by atoms with Crippen LogP contribution in [-0.4, -0.2) is 31.6 Å². The molecule has 0 atom stereocenters. The molecular formula is C16H17N5O3. The Hall–Kier alpha value is -3.16. The fourth-order valence-corrected chi connectivity index (χ4v) is 2.46. The fraction of sp³-hybridized carbons (Fsp3) is 0.250. The van der Waals surface area contributed by atoms with Crippen LogP contribution in [0.5, 0.6) is 5.75 Å². The van der Waals surface area contributed by atoms with Gasteiger partial charge in [-0.25, -0.2) is 0 Å². The minimum absolute atomic E-state index is 0.0603. The average Bonchev–Trinajstić information content (AvgIpc) is 3.21. The van der Waals surface area contributed by atoms with Crippen LogP contribution in [0.25, 0.3) is 11.3 Å². The van der Waals surface area contributed by atoms with Crippen molar-refractivity contribution in [1.82, 2.24) is 19.6 Å². The largest absolute Gasteiger partial charge is 0.490 e. The van der Waals surface area contributed by atoms with Crippen molar-refractivity contribution in [3.8, 4) is 17.0 Å². The van der Waals surface area contributed by atoms with Gasteiger partial charge in [0.2, 0.25) is 0 Å². The van der Waals surface area contributed by atoms with Gasteiger partial charge in [0, 0.05) is 29.7 Å². The molecule has 0 unspecified atom stereocenters. The van der Waals surface area contributed by atoms with Crippen LogP contribution >= 0.6 is 0 Å². The second-order valence-electron chi connectivity index (χ2n) is 5.30. The number of hydrogen-bond donors (Lipinski definition) is 0. The van der Waals surface area contributed by atoms with Crippen LogP contribution in [0.3, 0.4) is 0 Å². The maximum Gasteiger partial charge on any atom is 0.310 e. The highest BCUT2D eigenvalue weighted by Gasteiger charge is 2.16. The zero-order valence-corrected chi connectivity index (χ0v) is 13.4. The molecule has 0 amide bonds. The van der Waals surface area contributed by atoms with Crippen molar-refractivity contribution in [2.24, 2.45) is 0 Å². The van der Waals surface area contributed by atoms with Crippen LogP contribution < -0.4 is 4.74 Å². The summed E-state index contributed by atoms with van der Waals surface area (Å²) in [5.41, 5.74) is 2.55. The van der Waals surface area contributed by atoms with Gasteiger partial charge >= 0.3 is 5.69 Å². The summed E-state index contributed by atoms with van der Waals surface area (Å²) in [6.07, 6.45) is 3.65. The molecule has 1 aromatic carbocycles. The van der Waals surface area contributed by atoms with E-state index in [4.69, 9.17) is 4.74 Å². The van der Waals surface area contributed by atoms with E-state index in [1.807, 2.05) is 34.6 Å². The SMILES string of the molecule is COc1cc(-c2ccn(CCn3nccc3C)n2)ccc1[N+](=O)[O-]. The van der Waals surface area contributed by atoms with E-state index < -0.39 is 4.92 Å². The van der Waals surface area contributed by atoms with E-state index in [-0.39, 0.29) is 11.4 Å². The lowest BCUT2D eigenvalue weighted by Gasteiger charge is -2.05. The highest BCUT2D eigenvalue weighted by atomic mass is 16.6. The molecule has 0 saturated carbocycles. The second kappa shape index (κ2) is 6.53. The van der Waals surface area contributed by atoms with E-state index in [0.29, 0.717) is 6.54 Å². The van der Waals surface area contributed by atoms with Gasteiger partial charge in [0.1, 0.15) is 0 Å². The zero-order valence-electron chi connectivity index (χ0n) is 13.4. The monoisotopic (exact) mass is 327 g/mol. The molecule has 8 heteroatoms. The van der Waals surface area contributed by atoms with Gasteiger partial charge in [-0.2, -0.15) is 10.2 Å². The molecule has 3 rings (SSSR count). The number of aryl methyl sites for hydroxylation is 3. The van der Waals surface area contributed by atoms with Crippen LogP contribution in [-0.2, 0) is 13.1 Å². The number of rotatable bonds is 6. The third-order valence-electron chi connectivity index (χ3n) is 3.78. The third-order valence-corrected chi connectivity index (χ3v) is 3.78. The van der Waals surface area contributed by atoms with E-state index in [0.717, 1.165) is 23.5 Å². The second-order valence-corrected chi connectivity index (χ2v) is 5.30. The normalized spacial score (nSPS) is 10.8. The van der Waals surface area contributed by atoms with Gasteiger partial charge in [0.15, 0.2) is 5.75 Å². The lowest BCUT2D eigenvalue weighted by atomic mass is 10.1. The number of aromatic nitrogens is 4. The summed E-state index contributed by atoms with van der Waals surface area (Å²) in [7, 11) is 1.41. The predicted octanol–water partition coefficient (Wildman–Crippen LogP) is 2.67. The van der Waals surface area contributed by atoms with Gasteiger partial charge in [-0.15, -0.1) is 0 Å². The van der Waals surface area contributed by atoms with Gasteiger partial charge in [0.05, 0.1) is 30.8 Å². The molecule has 8 nitrogen and oxygen atoms in total. The Morgan fingerprint density at radius 3 is 2.75 bits per heavy atom. The molecule has 124 valence electrons. The molecular weight excluding hydrogens is 310 g/mol. The molecule has 0 aliphatic rings. The van der Waals surface area contributed by atoms with Gasteiger partial charge in [-0.1, -0.05) is 0 Å². The zero-order chi connectivity index (χ0) is 17.1. The quantitative estimate of drug-likeness (QED) is 0.513. The summed E-state index contributed by atoms with van der Waals surface area (Å²) in [6, 6.07) is 8.56. The molecule has 0 saturated heterocycles. The summed E-state index contributed by atoms with van der Waals surface area (Å²) in [4.78, 5) is 10.5. The minimum atomic E-state index is -0.465. The maximum atomic E-state index is 11.0. The van der Waals surface area contributed by atoms with Crippen molar-refractivity contribution in [2.45, 2.75) is 20.0 Å². The van der Waals surface area contributed by atoms with Crippen LogP contribution in [0, 0.1) is 17.0 Å². The summed E-state index contributed by atoms with van der Waals surface area (Å²) in [6.45, 7) is 3.42. The Morgan fingerprint density at radius 2 is 2.08 bits per heavy atom. The first-order chi connectivity index (χ1) is 11.6. The van der Waals surface area contributed by atoms with E-state index in [1.165, 1.54) is 13.2 Å². The van der Waals surface area contributed by atoms with Gasteiger partial charge in [0.25, 0.3) is 0 Å². The van der Waals surface area contributed by atoms with E-state index in [1.54, 1.807) is 18.3 Å². The van der Waals surface area contributed by atoms with Crippen LogP contribution in [0.15, 0.2) is 42.7 Å². The highest BCUT2D eigenvalue weighted by Crippen LogP contribution is 2.31. The first kappa shape index (κ1) is 15.7. The topological polar surface area (TPSA) is 88.0 Å². The van der Waals surface area contributed by atoms with E-state index in [2.05, 4.69) is 10.2 Å². The Bertz CT molecular complexity index is 868. The van der Waals surface area contributed by atoms with E-state index >= 15 is 0 Å². The van der Waals surface area contributed by atoms with Crippen LogP contribution in [0.4, 0.5) is 5.69 Å². The molecule has 3 aromatic rings. The fourth-order valence-electron chi connectivity index (χ4n) is 2.46. The lowest BCUT2D eigenvalue weighted by molar-refractivity contribution is -0.385. The molecule has 2 aromatic heterocycles. The molecule has 0 aliphatic carbocycles. The van der Waals surface area contributed by atoms with Crippen molar-refractivity contribution in [3.05, 3.63) is 58.5 Å². The highest BCUT2D eigenvalue weighted by molar-refractivity contribution is 5.65. The molecule has 0 N–H and O–H groups in total. The first-order valence-corrected chi connectivity index (χ1v) is 7.43. The number of nitro groups is 1. The number of benzene rings is 1. The summed E-state index contributed by atoms with van der Waals surface area (Å²) >= 11 is 0. The summed E-state index contributed by atoms with van der Waals surface area (Å²) < 4.78 is 8.83. The molecule has 0 aliphatic heterocycles. The molecule has 0 spiro atoms. The number of nitro benzene ring substituents is 1. The Balaban J connectivity index is 1.78. The Kier molecular flexibility index (Phi) is 4.28. The van der Waals surface area contributed by atoms with Crippen molar-refractivity contribution >= 4 is 5.69 Å². The lowest BCUT2D eigenvalue weighted by Crippen LogP contribution is -2.10. The minimum Gasteiger partial charge on any atom is -0.490 e. The standard InChI is InChI=1S/C16H17N5O3/c1-12-5-7-17-20(12)10-9-19-8-6-14(18-19)13-3-4-15(21(22)23)16(11-13)24-2/h3-8,11H,9-10H2,1-2H3. The van der Waals surface area contributed by atoms with Crippen molar-refractivity contribution in [3.63, 3.8) is 0 Å². The molecule has 2 heterocycles. The van der Waals surface area contributed by atoms with Gasteiger partial charge < -0.3 is 4.74 Å². The van der Waals surface area contributed by atoms with E-state index in [9.17, 15) is 10.1 Å². The number of hydrogen-bond acceptors (Lipinski definition) is 5. The van der Waals surface area contributed by atoms with Gasteiger partial charge in [-0.05, 0) is 31.2 Å². The first-order valence-electron chi connectivity index (χ1n) is 7.43. The summed E-state index contributed by atoms with van der Waals surface area (Å²) in [5.74, 6) is 0.221. The predicted molar refractivity (Wildman–Crippen MR) is 87.8 cm³/mol. The third kappa shape index (κ3) is 3.12. The Labute approximate surface area is 138 Å². The van der Waals surface area contributed by atoms with Crippen LogP contribution in [0.1, 0.15) is 5.69 Å². The number of methoxy groups -OCH3 is 1. The number of nitrogens with zero attached hydrogens (tertiary/aromatic N) is 5. The van der Waals surface area contributed by atoms with Crippen LogP contribution in [0.2, 0.25) is 0 Å². The Morgan fingerprint density at radius 1 is 1.25 bits per heavy atom. The number of ether oxygens (including phenoxy) is 1. The van der Waals surface area contributed by atoms with Crippen molar-refractivity contribution in [2.75, 3.05) is 7.11 Å². The van der Waals surface area contributed by atoms with Crippen molar-refractivity contribution in [1.29, 1.82) is 0 Å². The average molecular weight is 327 g/mol. The molecule has 0 bridgehead atoms. The smallest absolute Gasteiger partial charge is 0.310 e. The van der Waals surface area contributed by atoms with Gasteiger partial charge in [-0.3, -0.25) is 19.5 Å². The molecule has 0 fully saturated rings. The molecule has 0 radical (unpaired) electrons. The van der Waals surface area contributed by atoms with Crippen molar-refractivity contribution < 1.29 is 9.66 Å². The maximum absolute atomic E-state index is 11.0. The molecule has 24 heavy (non-hydrogen) atoms.